The fraction of sp³-hybridized carbons (Fsp3) is 0.500. The molecule has 2 radical (unpaired) electrons. The Kier molecular flexibility index (Phi) is 3.28. The van der Waals surface area contributed by atoms with Crippen LogP contribution in [0, 0.1) is 0 Å². The average molecular weight is 237 g/mol. The minimum Gasteiger partial charge on any atom is -0.384 e. The Bertz CT molecular complexity index is 358. The molecule has 0 aromatic rings. The largest absolute Gasteiger partial charge is 0.384 e. The fourth-order valence-corrected chi connectivity index (χ4v) is 3.22. The summed E-state index contributed by atoms with van der Waals surface area (Å²) >= 11 is 1.53. The number of halogens is 1. The van der Waals surface area contributed by atoms with E-state index in [2.05, 4.69) is 11.6 Å². The van der Waals surface area contributed by atoms with Crippen LogP contribution >= 0.6 is 11.8 Å². The second kappa shape index (κ2) is 4.53. The summed E-state index contributed by atoms with van der Waals surface area (Å²) in [7, 11) is 5.55. The first-order valence-electron chi connectivity index (χ1n) is 5.11. The molecule has 0 aromatic heterocycles. The van der Waals surface area contributed by atoms with Crippen molar-refractivity contribution in [3.63, 3.8) is 0 Å². The molecule has 2 heterocycles. The van der Waals surface area contributed by atoms with Gasteiger partial charge in [-0.1, -0.05) is 12.9 Å². The standard InChI is InChI=1S/C10H13BFN3S/c1-6-14-9(13)2-3-15(6)10-8(12)4-7(5-11)16-10/h2-3,7-8,10H,1,4-5H2,(H2,13,14). The maximum absolute atomic E-state index is 13.8. The Morgan fingerprint density at radius 2 is 2.50 bits per heavy atom. The normalized spacial score (nSPS) is 34.3. The molecule has 3 unspecified atom stereocenters. The summed E-state index contributed by atoms with van der Waals surface area (Å²) in [5.41, 5.74) is 5.53. The molecule has 0 saturated carbocycles. The molecule has 6 heteroatoms. The number of nitrogens with zero attached hydrogens (tertiary/aromatic N) is 2. The zero-order valence-electron chi connectivity index (χ0n) is 8.84. The molecular weight excluding hydrogens is 224 g/mol. The van der Waals surface area contributed by atoms with Crippen molar-refractivity contribution < 1.29 is 4.39 Å². The van der Waals surface area contributed by atoms with Crippen molar-refractivity contribution in [2.45, 2.75) is 29.5 Å². The SMILES string of the molecule is [B]CC1CC(F)C(N2C=CC(N)=NC2=C)S1. The van der Waals surface area contributed by atoms with Crippen LogP contribution in [0.1, 0.15) is 6.42 Å². The summed E-state index contributed by atoms with van der Waals surface area (Å²) in [6.45, 7) is 3.77. The minimum atomic E-state index is -0.908. The van der Waals surface area contributed by atoms with E-state index in [0.717, 1.165) is 0 Å². The van der Waals surface area contributed by atoms with Crippen LogP contribution in [0.4, 0.5) is 4.39 Å². The maximum atomic E-state index is 13.8. The van der Waals surface area contributed by atoms with Gasteiger partial charge in [0, 0.05) is 11.4 Å². The first kappa shape index (κ1) is 11.6. The van der Waals surface area contributed by atoms with Crippen LogP contribution < -0.4 is 5.73 Å². The van der Waals surface area contributed by atoms with Gasteiger partial charge in [-0.2, -0.15) is 0 Å². The number of hydrogen-bond acceptors (Lipinski definition) is 4. The van der Waals surface area contributed by atoms with E-state index in [9.17, 15) is 4.39 Å². The highest BCUT2D eigenvalue weighted by molar-refractivity contribution is 8.00. The number of hydrogen-bond donors (Lipinski definition) is 1. The van der Waals surface area contributed by atoms with Crippen molar-refractivity contribution in [3.8, 4) is 0 Å². The summed E-state index contributed by atoms with van der Waals surface area (Å²) in [4.78, 5) is 5.75. The number of amidine groups is 1. The van der Waals surface area contributed by atoms with Gasteiger partial charge in [-0.05, 0) is 12.5 Å². The molecule has 3 atom stereocenters. The van der Waals surface area contributed by atoms with E-state index in [1.807, 2.05) is 0 Å². The highest BCUT2D eigenvalue weighted by Crippen LogP contribution is 2.41. The summed E-state index contributed by atoms with van der Waals surface area (Å²) in [5.74, 6) is 0.882. The molecule has 0 aromatic carbocycles. The summed E-state index contributed by atoms with van der Waals surface area (Å²) in [6.07, 6.45) is 3.46. The summed E-state index contributed by atoms with van der Waals surface area (Å²) in [6, 6.07) is 0. The predicted octanol–water partition coefficient (Wildman–Crippen LogP) is 1.40. The van der Waals surface area contributed by atoms with Crippen LogP contribution in [-0.2, 0) is 0 Å². The van der Waals surface area contributed by atoms with E-state index in [4.69, 9.17) is 13.6 Å². The van der Waals surface area contributed by atoms with Gasteiger partial charge in [-0.3, -0.25) is 0 Å². The van der Waals surface area contributed by atoms with Gasteiger partial charge in [-0.15, -0.1) is 11.8 Å². The van der Waals surface area contributed by atoms with Gasteiger partial charge < -0.3 is 10.6 Å². The van der Waals surface area contributed by atoms with Crippen LogP contribution in [0.3, 0.4) is 0 Å². The lowest BCUT2D eigenvalue weighted by molar-refractivity contribution is 0.244. The van der Waals surface area contributed by atoms with Gasteiger partial charge in [0.05, 0.1) is 7.85 Å². The van der Waals surface area contributed by atoms with Crippen molar-refractivity contribution in [1.82, 2.24) is 4.90 Å². The van der Waals surface area contributed by atoms with Crippen LogP contribution in [0.15, 0.2) is 29.7 Å². The Labute approximate surface area is 100 Å². The topological polar surface area (TPSA) is 41.6 Å². The second-order valence-electron chi connectivity index (χ2n) is 3.81. The third-order valence-corrected chi connectivity index (χ3v) is 4.20. The molecule has 0 amide bonds. The maximum Gasteiger partial charge on any atom is 0.131 e. The third kappa shape index (κ3) is 2.12. The van der Waals surface area contributed by atoms with E-state index in [-0.39, 0.29) is 10.6 Å². The Morgan fingerprint density at radius 3 is 3.06 bits per heavy atom. The molecule has 3 nitrogen and oxygen atoms in total. The Hall–Kier alpha value is -0.905. The molecule has 84 valence electrons. The summed E-state index contributed by atoms with van der Waals surface area (Å²) in [5, 5.41) is -0.112. The van der Waals surface area contributed by atoms with Gasteiger partial charge in [0.2, 0.25) is 0 Å². The molecule has 16 heavy (non-hydrogen) atoms. The number of nitrogens with two attached hydrogens (primary N) is 1. The van der Waals surface area contributed by atoms with E-state index >= 15 is 0 Å². The lowest BCUT2D eigenvalue weighted by Crippen LogP contribution is -2.34. The molecule has 0 aliphatic carbocycles. The van der Waals surface area contributed by atoms with Crippen LogP contribution in [0.25, 0.3) is 0 Å². The highest BCUT2D eigenvalue weighted by atomic mass is 32.2. The monoisotopic (exact) mass is 237 g/mol. The molecule has 2 aliphatic rings. The minimum absolute atomic E-state index is 0.171. The average Bonchev–Trinajstić information content (AvgIpc) is 2.60. The van der Waals surface area contributed by atoms with E-state index in [1.165, 1.54) is 11.8 Å². The molecule has 2 rings (SSSR count). The van der Waals surface area contributed by atoms with Crippen molar-refractivity contribution in [2.75, 3.05) is 0 Å². The zero-order valence-corrected chi connectivity index (χ0v) is 9.66. The first-order valence-corrected chi connectivity index (χ1v) is 6.05. The lowest BCUT2D eigenvalue weighted by Gasteiger charge is -2.29. The molecule has 2 N–H and O–H groups in total. The van der Waals surface area contributed by atoms with Gasteiger partial charge in [-0.25, -0.2) is 9.38 Å². The first-order chi connectivity index (χ1) is 7.61. The number of thioether (sulfide) groups is 1. The molecular formula is C10H13BFN3S. The van der Waals surface area contributed by atoms with E-state index < -0.39 is 6.17 Å². The van der Waals surface area contributed by atoms with Crippen molar-refractivity contribution in [3.05, 3.63) is 24.7 Å². The van der Waals surface area contributed by atoms with Gasteiger partial charge in [0.1, 0.15) is 23.2 Å². The van der Waals surface area contributed by atoms with Crippen LogP contribution in [-0.4, -0.2) is 35.4 Å². The van der Waals surface area contributed by atoms with Crippen molar-refractivity contribution in [1.29, 1.82) is 0 Å². The molecule has 0 bridgehead atoms. The zero-order chi connectivity index (χ0) is 11.7. The van der Waals surface area contributed by atoms with E-state index in [1.54, 1.807) is 17.2 Å². The van der Waals surface area contributed by atoms with Gasteiger partial charge in [0.25, 0.3) is 0 Å². The van der Waals surface area contributed by atoms with E-state index in [0.29, 0.717) is 24.4 Å². The molecule has 1 saturated heterocycles. The fourth-order valence-electron chi connectivity index (χ4n) is 1.82. The lowest BCUT2D eigenvalue weighted by atomic mass is 9.98. The van der Waals surface area contributed by atoms with Crippen LogP contribution in [0.5, 0.6) is 0 Å². The van der Waals surface area contributed by atoms with Crippen molar-refractivity contribution >= 4 is 25.4 Å². The molecule has 1 fully saturated rings. The van der Waals surface area contributed by atoms with Gasteiger partial charge >= 0.3 is 0 Å². The predicted molar refractivity (Wildman–Crippen MR) is 67.0 cm³/mol. The Morgan fingerprint density at radius 1 is 1.75 bits per heavy atom. The number of aliphatic imine (C=N–C) groups is 1. The number of alkyl halides is 1. The second-order valence-corrected chi connectivity index (χ2v) is 5.23. The van der Waals surface area contributed by atoms with Crippen molar-refractivity contribution in [2.24, 2.45) is 10.7 Å². The quantitative estimate of drug-likeness (QED) is 0.738. The highest BCUT2D eigenvalue weighted by Gasteiger charge is 2.38. The molecule has 2 aliphatic heterocycles. The summed E-state index contributed by atoms with van der Waals surface area (Å²) < 4.78 is 13.8. The molecule has 0 spiro atoms. The van der Waals surface area contributed by atoms with Crippen LogP contribution in [0.2, 0.25) is 6.32 Å². The third-order valence-electron chi connectivity index (χ3n) is 2.63. The van der Waals surface area contributed by atoms with Gasteiger partial charge in [0.15, 0.2) is 0 Å². The number of rotatable bonds is 2. The smallest absolute Gasteiger partial charge is 0.131 e. The Balaban J connectivity index is 2.09.